The summed E-state index contributed by atoms with van der Waals surface area (Å²) in [6, 6.07) is 2.14. The molecule has 1 aliphatic rings. The van der Waals surface area contributed by atoms with E-state index in [0.29, 0.717) is 19.5 Å². The van der Waals surface area contributed by atoms with Gasteiger partial charge < -0.3 is 9.47 Å². The van der Waals surface area contributed by atoms with Crippen molar-refractivity contribution in [2.24, 2.45) is 7.05 Å². The molecule has 7 heteroatoms. The van der Waals surface area contributed by atoms with Gasteiger partial charge in [-0.2, -0.15) is 0 Å². The normalized spacial score (nSPS) is 14.2. The van der Waals surface area contributed by atoms with Crippen LogP contribution in [0, 0.1) is 11.6 Å². The Morgan fingerprint density at radius 2 is 2.04 bits per heavy atom. The standard InChI is InChI=1S/C17H18ClF2N3O/c1-9(2)16-21-12-8-23(7-6-13(12)22(16)3)17(24)10-4-5-11(19)14(18)15(10)20/h4-5,9H,6-8H2,1-3H3. The lowest BCUT2D eigenvalue weighted by Gasteiger charge is -2.27. The number of halogens is 3. The van der Waals surface area contributed by atoms with Crippen LogP contribution in [0.15, 0.2) is 12.1 Å². The van der Waals surface area contributed by atoms with Gasteiger partial charge in [0.1, 0.15) is 16.7 Å². The van der Waals surface area contributed by atoms with Gasteiger partial charge in [0.15, 0.2) is 5.82 Å². The number of amides is 1. The Hall–Kier alpha value is -1.95. The molecule has 0 aliphatic carbocycles. The van der Waals surface area contributed by atoms with Gasteiger partial charge >= 0.3 is 0 Å². The maximum atomic E-state index is 14.1. The number of fused-ring (bicyclic) bond motifs is 1. The summed E-state index contributed by atoms with van der Waals surface area (Å²) in [5.41, 5.74) is 1.71. The van der Waals surface area contributed by atoms with Gasteiger partial charge in [-0.1, -0.05) is 25.4 Å². The second kappa shape index (κ2) is 6.16. The van der Waals surface area contributed by atoms with E-state index in [1.165, 1.54) is 4.90 Å². The molecule has 0 saturated carbocycles. The molecule has 0 fully saturated rings. The molecule has 1 aliphatic heterocycles. The van der Waals surface area contributed by atoms with Crippen molar-refractivity contribution in [3.8, 4) is 0 Å². The van der Waals surface area contributed by atoms with Crippen LogP contribution >= 0.6 is 11.6 Å². The highest BCUT2D eigenvalue weighted by molar-refractivity contribution is 6.31. The highest BCUT2D eigenvalue weighted by Crippen LogP contribution is 2.27. The zero-order chi connectivity index (χ0) is 17.6. The predicted octanol–water partition coefficient (Wildman–Crippen LogP) is 3.67. The molecule has 2 aromatic rings. The average Bonchev–Trinajstić information content (AvgIpc) is 2.89. The summed E-state index contributed by atoms with van der Waals surface area (Å²) in [4.78, 5) is 18.7. The van der Waals surface area contributed by atoms with E-state index in [0.717, 1.165) is 29.3 Å². The number of aromatic nitrogens is 2. The van der Waals surface area contributed by atoms with Crippen molar-refractivity contribution in [2.75, 3.05) is 6.54 Å². The van der Waals surface area contributed by atoms with Gasteiger partial charge in [0.25, 0.3) is 5.91 Å². The van der Waals surface area contributed by atoms with Crippen LogP contribution in [0.3, 0.4) is 0 Å². The first kappa shape index (κ1) is 16.9. The van der Waals surface area contributed by atoms with E-state index in [2.05, 4.69) is 23.4 Å². The number of hydrogen-bond donors (Lipinski definition) is 0. The molecule has 0 N–H and O–H groups in total. The molecule has 2 heterocycles. The third-order valence-electron chi connectivity index (χ3n) is 4.36. The number of carbonyl (C=O) groups is 1. The van der Waals surface area contributed by atoms with Gasteiger partial charge in [-0.25, -0.2) is 13.8 Å². The van der Waals surface area contributed by atoms with Crippen LogP contribution in [0.5, 0.6) is 0 Å². The van der Waals surface area contributed by atoms with E-state index < -0.39 is 22.6 Å². The average molecular weight is 354 g/mol. The first-order chi connectivity index (χ1) is 11.3. The quantitative estimate of drug-likeness (QED) is 0.772. The van der Waals surface area contributed by atoms with Crippen LogP contribution in [0.25, 0.3) is 0 Å². The number of benzene rings is 1. The Labute approximate surface area is 144 Å². The van der Waals surface area contributed by atoms with E-state index in [1.807, 2.05) is 7.05 Å². The lowest BCUT2D eigenvalue weighted by Crippen LogP contribution is -2.37. The maximum absolute atomic E-state index is 14.1. The number of hydrogen-bond acceptors (Lipinski definition) is 2. The molecule has 0 bridgehead atoms. The molecule has 0 atom stereocenters. The highest BCUT2D eigenvalue weighted by atomic mass is 35.5. The number of nitrogens with zero attached hydrogens (tertiary/aromatic N) is 3. The fourth-order valence-electron chi connectivity index (χ4n) is 3.10. The fraction of sp³-hybridized carbons (Fsp3) is 0.412. The molecule has 1 amide bonds. The SMILES string of the molecule is CC(C)c1nc2c(n1C)CCN(C(=O)c1ccc(F)c(Cl)c1F)C2. The van der Waals surface area contributed by atoms with Crippen LogP contribution < -0.4 is 0 Å². The minimum atomic E-state index is -1.02. The van der Waals surface area contributed by atoms with Crippen molar-refractivity contribution in [1.29, 1.82) is 0 Å². The van der Waals surface area contributed by atoms with Crippen molar-refractivity contribution in [3.63, 3.8) is 0 Å². The van der Waals surface area contributed by atoms with Gasteiger partial charge in [0.2, 0.25) is 0 Å². The van der Waals surface area contributed by atoms with Crippen LogP contribution in [-0.2, 0) is 20.0 Å². The van der Waals surface area contributed by atoms with E-state index in [-0.39, 0.29) is 11.5 Å². The van der Waals surface area contributed by atoms with Crippen molar-refractivity contribution in [1.82, 2.24) is 14.5 Å². The monoisotopic (exact) mass is 353 g/mol. The Kier molecular flexibility index (Phi) is 4.34. The van der Waals surface area contributed by atoms with Crippen molar-refractivity contribution >= 4 is 17.5 Å². The van der Waals surface area contributed by atoms with Crippen molar-refractivity contribution in [3.05, 3.63) is 51.6 Å². The molecule has 1 aromatic heterocycles. The molecular formula is C17H18ClF2N3O. The van der Waals surface area contributed by atoms with Gasteiger partial charge in [0, 0.05) is 31.6 Å². The third kappa shape index (κ3) is 2.69. The summed E-state index contributed by atoms with van der Waals surface area (Å²) >= 11 is 5.57. The zero-order valence-corrected chi connectivity index (χ0v) is 14.5. The predicted molar refractivity (Wildman–Crippen MR) is 87.1 cm³/mol. The number of rotatable bonds is 2. The van der Waals surface area contributed by atoms with E-state index in [4.69, 9.17) is 11.6 Å². The summed E-state index contributed by atoms with van der Waals surface area (Å²) in [5.74, 6) is -1.16. The fourth-order valence-corrected chi connectivity index (χ4v) is 3.26. The van der Waals surface area contributed by atoms with E-state index in [9.17, 15) is 13.6 Å². The highest BCUT2D eigenvalue weighted by Gasteiger charge is 2.29. The number of carbonyl (C=O) groups excluding carboxylic acids is 1. The Morgan fingerprint density at radius 3 is 2.71 bits per heavy atom. The molecule has 128 valence electrons. The molecule has 0 unspecified atom stereocenters. The molecule has 3 rings (SSSR count). The summed E-state index contributed by atoms with van der Waals surface area (Å²) in [5, 5.41) is -0.654. The Morgan fingerprint density at radius 1 is 1.33 bits per heavy atom. The third-order valence-corrected chi connectivity index (χ3v) is 4.71. The minimum absolute atomic E-state index is 0.218. The molecule has 24 heavy (non-hydrogen) atoms. The molecule has 0 saturated heterocycles. The van der Waals surface area contributed by atoms with Crippen LogP contribution in [0.2, 0.25) is 5.02 Å². The Bertz CT molecular complexity index is 817. The second-order valence-electron chi connectivity index (χ2n) is 6.28. The van der Waals surface area contributed by atoms with Crippen LogP contribution in [0.1, 0.15) is 47.3 Å². The summed E-state index contributed by atoms with van der Waals surface area (Å²) in [6.07, 6.45) is 0.647. The number of imidazole rings is 1. The molecular weight excluding hydrogens is 336 g/mol. The first-order valence-electron chi connectivity index (χ1n) is 7.78. The molecule has 4 nitrogen and oxygen atoms in total. The van der Waals surface area contributed by atoms with Crippen LogP contribution in [0.4, 0.5) is 8.78 Å². The van der Waals surface area contributed by atoms with E-state index >= 15 is 0 Å². The van der Waals surface area contributed by atoms with Crippen molar-refractivity contribution < 1.29 is 13.6 Å². The molecule has 0 spiro atoms. The first-order valence-corrected chi connectivity index (χ1v) is 8.16. The smallest absolute Gasteiger partial charge is 0.257 e. The second-order valence-corrected chi connectivity index (χ2v) is 6.65. The molecule has 0 radical (unpaired) electrons. The van der Waals surface area contributed by atoms with Gasteiger partial charge in [-0.05, 0) is 12.1 Å². The largest absolute Gasteiger partial charge is 0.334 e. The maximum Gasteiger partial charge on any atom is 0.257 e. The Balaban J connectivity index is 1.89. The van der Waals surface area contributed by atoms with Gasteiger partial charge in [-0.15, -0.1) is 0 Å². The lowest BCUT2D eigenvalue weighted by molar-refractivity contribution is 0.0726. The lowest BCUT2D eigenvalue weighted by atomic mass is 10.1. The summed E-state index contributed by atoms with van der Waals surface area (Å²) in [6.45, 7) is 4.89. The van der Waals surface area contributed by atoms with Crippen LogP contribution in [-0.4, -0.2) is 26.9 Å². The minimum Gasteiger partial charge on any atom is -0.334 e. The van der Waals surface area contributed by atoms with Gasteiger partial charge in [0.05, 0.1) is 17.8 Å². The van der Waals surface area contributed by atoms with Crippen molar-refractivity contribution in [2.45, 2.75) is 32.7 Å². The molecule has 1 aromatic carbocycles. The zero-order valence-electron chi connectivity index (χ0n) is 13.7. The summed E-state index contributed by atoms with van der Waals surface area (Å²) in [7, 11) is 1.97. The summed E-state index contributed by atoms with van der Waals surface area (Å²) < 4.78 is 29.4. The van der Waals surface area contributed by atoms with E-state index in [1.54, 1.807) is 0 Å². The van der Waals surface area contributed by atoms with Gasteiger partial charge in [-0.3, -0.25) is 4.79 Å². The topological polar surface area (TPSA) is 38.1 Å².